The lowest BCUT2D eigenvalue weighted by Gasteiger charge is -2.35. The minimum atomic E-state index is -0.653. The summed E-state index contributed by atoms with van der Waals surface area (Å²) in [6.45, 7) is 3.49. The summed E-state index contributed by atoms with van der Waals surface area (Å²) in [5.74, 6) is -0.907. The highest BCUT2D eigenvalue weighted by molar-refractivity contribution is 5.91. The number of hydrogen-bond acceptors (Lipinski definition) is 10. The van der Waals surface area contributed by atoms with Crippen LogP contribution in [0.15, 0.2) is 42.5 Å². The summed E-state index contributed by atoms with van der Waals surface area (Å²) in [6, 6.07) is 11.7. The molecule has 0 aliphatic carbocycles. The molecule has 182 valence electrons. The van der Waals surface area contributed by atoms with Gasteiger partial charge in [-0.15, -0.1) is 0 Å². The Labute approximate surface area is 197 Å². The van der Waals surface area contributed by atoms with Crippen LogP contribution in [0.4, 0.5) is 22.7 Å². The van der Waals surface area contributed by atoms with Crippen LogP contribution in [-0.4, -0.2) is 81.9 Å². The van der Waals surface area contributed by atoms with Crippen molar-refractivity contribution < 1.29 is 28.7 Å². The number of anilines is 3. The van der Waals surface area contributed by atoms with Crippen molar-refractivity contribution in [2.24, 2.45) is 0 Å². The van der Waals surface area contributed by atoms with E-state index in [9.17, 15) is 19.7 Å². The van der Waals surface area contributed by atoms with Gasteiger partial charge in [-0.05, 0) is 30.3 Å². The molecular weight excluding hydrogens is 444 g/mol. The third kappa shape index (κ3) is 6.65. The molecule has 0 aromatic heterocycles. The van der Waals surface area contributed by atoms with Crippen molar-refractivity contribution in [3.63, 3.8) is 0 Å². The lowest BCUT2D eigenvalue weighted by Crippen LogP contribution is -2.48. The third-order valence-electron chi connectivity index (χ3n) is 5.39. The fourth-order valence-corrected chi connectivity index (χ4v) is 3.56. The van der Waals surface area contributed by atoms with Crippen molar-refractivity contribution in [2.45, 2.75) is 0 Å². The number of rotatable bonds is 10. The highest BCUT2D eigenvalue weighted by Gasteiger charge is 2.21. The first kappa shape index (κ1) is 24.9. The molecule has 34 heavy (non-hydrogen) atoms. The van der Waals surface area contributed by atoms with Gasteiger partial charge in [-0.1, -0.05) is 6.07 Å². The van der Waals surface area contributed by atoms with Crippen LogP contribution in [0.1, 0.15) is 10.4 Å². The molecule has 3 rings (SSSR count). The van der Waals surface area contributed by atoms with Gasteiger partial charge in [0, 0.05) is 50.7 Å². The zero-order chi connectivity index (χ0) is 24.5. The Bertz CT molecular complexity index is 1020. The Balaban J connectivity index is 1.69. The topological polar surface area (TPSA) is 123 Å². The quantitative estimate of drug-likeness (QED) is 0.239. The van der Waals surface area contributed by atoms with Gasteiger partial charge in [0.15, 0.2) is 0 Å². The van der Waals surface area contributed by atoms with Crippen molar-refractivity contribution in [3.05, 3.63) is 58.1 Å². The summed E-state index contributed by atoms with van der Waals surface area (Å²) < 4.78 is 14.6. The lowest BCUT2D eigenvalue weighted by molar-refractivity contribution is -0.383. The van der Waals surface area contributed by atoms with Crippen LogP contribution in [0.3, 0.4) is 0 Å². The second kappa shape index (κ2) is 12.0. The van der Waals surface area contributed by atoms with Crippen LogP contribution in [0, 0.1) is 10.1 Å². The van der Waals surface area contributed by atoms with Crippen molar-refractivity contribution in [2.75, 3.05) is 70.4 Å². The summed E-state index contributed by atoms with van der Waals surface area (Å²) in [4.78, 5) is 38.9. The number of hydrogen-bond donors (Lipinski definition) is 1. The lowest BCUT2D eigenvalue weighted by atomic mass is 10.1. The molecule has 2 aromatic rings. The predicted octanol–water partition coefficient (Wildman–Crippen LogP) is 2.44. The largest absolute Gasteiger partial charge is 0.468 e. The van der Waals surface area contributed by atoms with E-state index >= 15 is 0 Å². The summed E-state index contributed by atoms with van der Waals surface area (Å²) in [5.41, 5.74) is 1.75. The van der Waals surface area contributed by atoms with Gasteiger partial charge in [0.25, 0.3) is 5.69 Å². The maximum atomic E-state index is 12.1. The number of benzene rings is 2. The van der Waals surface area contributed by atoms with E-state index in [1.54, 1.807) is 0 Å². The molecule has 1 aliphatic rings. The molecule has 1 fully saturated rings. The van der Waals surface area contributed by atoms with E-state index in [2.05, 4.69) is 10.2 Å². The standard InChI is InChI=1S/C23H28N4O7/c1-32-12-13-34-23(29)17-6-7-20(21(14-17)27(30)31)24-18-4-3-5-19(15-18)26-10-8-25(9-11-26)16-22(28)33-2/h3-7,14-15,24H,8-13,16H2,1-2H3. The van der Waals surface area contributed by atoms with Crippen molar-refractivity contribution in [1.29, 1.82) is 0 Å². The van der Waals surface area contributed by atoms with E-state index in [0.29, 0.717) is 5.69 Å². The highest BCUT2D eigenvalue weighted by atomic mass is 16.6. The number of esters is 2. The molecule has 1 saturated heterocycles. The number of nitro groups is 1. The molecular formula is C23H28N4O7. The maximum Gasteiger partial charge on any atom is 0.338 e. The Morgan fingerprint density at radius 1 is 1.06 bits per heavy atom. The first-order valence-corrected chi connectivity index (χ1v) is 10.8. The minimum Gasteiger partial charge on any atom is -0.468 e. The summed E-state index contributed by atoms with van der Waals surface area (Å²) in [6.07, 6.45) is 0. The summed E-state index contributed by atoms with van der Waals surface area (Å²) >= 11 is 0. The van der Waals surface area contributed by atoms with Crippen LogP contribution < -0.4 is 10.2 Å². The van der Waals surface area contributed by atoms with Gasteiger partial charge >= 0.3 is 11.9 Å². The van der Waals surface area contributed by atoms with E-state index in [4.69, 9.17) is 14.2 Å². The molecule has 1 heterocycles. The van der Waals surface area contributed by atoms with Gasteiger partial charge in [0.2, 0.25) is 0 Å². The number of methoxy groups -OCH3 is 2. The third-order valence-corrected chi connectivity index (χ3v) is 5.39. The normalized spacial score (nSPS) is 13.9. The molecule has 0 saturated carbocycles. The molecule has 0 radical (unpaired) electrons. The number of nitrogens with zero attached hydrogens (tertiary/aromatic N) is 3. The SMILES string of the molecule is COCCOC(=O)c1ccc(Nc2cccc(N3CCN(CC(=O)OC)CC3)c2)c([N+](=O)[O-])c1. The van der Waals surface area contributed by atoms with E-state index in [0.717, 1.165) is 31.9 Å². The first-order chi connectivity index (χ1) is 16.4. The second-order valence-electron chi connectivity index (χ2n) is 7.63. The number of ether oxygens (including phenoxy) is 3. The predicted molar refractivity (Wildman–Crippen MR) is 126 cm³/mol. The number of nitrogens with one attached hydrogen (secondary N) is 1. The van der Waals surface area contributed by atoms with E-state index in [1.807, 2.05) is 29.2 Å². The van der Waals surface area contributed by atoms with Crippen LogP contribution in [0.2, 0.25) is 0 Å². The number of nitro benzene ring substituents is 1. The van der Waals surface area contributed by atoms with Gasteiger partial charge in [0.1, 0.15) is 12.3 Å². The van der Waals surface area contributed by atoms with Crippen LogP contribution in [0.5, 0.6) is 0 Å². The van der Waals surface area contributed by atoms with E-state index < -0.39 is 10.9 Å². The fraction of sp³-hybridized carbons (Fsp3) is 0.391. The van der Waals surface area contributed by atoms with Crippen molar-refractivity contribution in [1.82, 2.24) is 4.90 Å². The second-order valence-corrected chi connectivity index (χ2v) is 7.63. The van der Waals surface area contributed by atoms with Gasteiger partial charge in [-0.3, -0.25) is 19.8 Å². The Kier molecular flexibility index (Phi) is 8.77. The molecule has 0 atom stereocenters. The number of carbonyl (C=O) groups excluding carboxylic acids is 2. The molecule has 11 nitrogen and oxygen atoms in total. The van der Waals surface area contributed by atoms with Gasteiger partial charge in [-0.25, -0.2) is 4.79 Å². The minimum absolute atomic E-state index is 0.0624. The fourth-order valence-electron chi connectivity index (χ4n) is 3.56. The Morgan fingerprint density at radius 2 is 1.82 bits per heavy atom. The summed E-state index contributed by atoms with van der Waals surface area (Å²) in [5, 5.41) is 14.7. The van der Waals surface area contributed by atoms with Gasteiger partial charge in [0.05, 0.1) is 30.7 Å². The Hall–Kier alpha value is -3.70. The highest BCUT2D eigenvalue weighted by Crippen LogP contribution is 2.30. The number of carbonyl (C=O) groups is 2. The summed E-state index contributed by atoms with van der Waals surface area (Å²) in [7, 11) is 2.86. The molecule has 1 N–H and O–H groups in total. The molecule has 0 spiro atoms. The monoisotopic (exact) mass is 472 g/mol. The molecule has 11 heteroatoms. The van der Waals surface area contributed by atoms with Gasteiger partial charge < -0.3 is 24.4 Å². The zero-order valence-electron chi connectivity index (χ0n) is 19.2. The van der Waals surface area contributed by atoms with Crippen LogP contribution >= 0.6 is 0 Å². The maximum absolute atomic E-state index is 12.1. The van der Waals surface area contributed by atoms with Crippen LogP contribution in [0.25, 0.3) is 0 Å². The Morgan fingerprint density at radius 3 is 2.50 bits per heavy atom. The van der Waals surface area contributed by atoms with Crippen molar-refractivity contribution >= 4 is 34.7 Å². The van der Waals surface area contributed by atoms with Crippen LogP contribution in [-0.2, 0) is 19.0 Å². The molecule has 2 aromatic carbocycles. The van der Waals surface area contributed by atoms with Gasteiger partial charge in [-0.2, -0.15) is 0 Å². The van der Waals surface area contributed by atoms with E-state index in [1.165, 1.54) is 32.4 Å². The average molecular weight is 472 g/mol. The zero-order valence-corrected chi connectivity index (χ0v) is 19.2. The van der Waals surface area contributed by atoms with Crippen molar-refractivity contribution in [3.8, 4) is 0 Å². The van der Waals surface area contributed by atoms with E-state index in [-0.39, 0.29) is 42.7 Å². The molecule has 1 aliphatic heterocycles. The number of piperazine rings is 1. The average Bonchev–Trinajstić information content (AvgIpc) is 2.84. The smallest absolute Gasteiger partial charge is 0.338 e. The molecule has 0 bridgehead atoms. The molecule has 0 unspecified atom stereocenters. The first-order valence-electron chi connectivity index (χ1n) is 10.8. The molecule has 0 amide bonds.